The smallest absolute Gasteiger partial charge is 0.238 e. The molecule has 1 fully saturated rings. The summed E-state index contributed by atoms with van der Waals surface area (Å²) in [5, 5.41) is 2.73. The van der Waals surface area contributed by atoms with Crippen molar-refractivity contribution in [2.45, 2.75) is 31.9 Å². The van der Waals surface area contributed by atoms with Gasteiger partial charge in [0.1, 0.15) is 17.9 Å². The number of methoxy groups -OCH3 is 1. The normalized spacial score (nSPS) is 21.2. The number of sulfonamides is 1. The van der Waals surface area contributed by atoms with Gasteiger partial charge >= 0.3 is 0 Å². The number of benzene rings is 1. The van der Waals surface area contributed by atoms with Crippen LogP contribution in [0.1, 0.15) is 19.8 Å². The van der Waals surface area contributed by atoms with Gasteiger partial charge in [-0.05, 0) is 18.6 Å². The Balaban J connectivity index is 2.11. The fraction of sp³-hybridized carbons (Fsp3) is 0.588. The van der Waals surface area contributed by atoms with Crippen LogP contribution in [0, 0.1) is 0 Å². The molecule has 0 aliphatic carbocycles. The molecule has 0 saturated carbocycles. The van der Waals surface area contributed by atoms with Gasteiger partial charge in [0.25, 0.3) is 0 Å². The van der Waals surface area contributed by atoms with Gasteiger partial charge in [0.05, 0.1) is 18.9 Å². The third kappa shape index (κ3) is 5.42. The number of carbonyl (C=O) groups excluding carboxylic acids is 1. The molecule has 1 saturated heterocycles. The number of rotatable bonds is 9. The fourth-order valence-electron chi connectivity index (χ4n) is 2.86. The molecule has 1 aromatic rings. The molecule has 1 N–H and O–H groups in total. The quantitative estimate of drug-likeness (QED) is 0.656. The number of carbonyl (C=O) groups is 1. The van der Waals surface area contributed by atoms with Gasteiger partial charge in [-0.1, -0.05) is 25.1 Å². The second kappa shape index (κ2) is 9.17. The Hall–Kier alpha value is -1.64. The van der Waals surface area contributed by atoms with Crippen molar-refractivity contribution in [3.63, 3.8) is 0 Å². The molecule has 7 nitrogen and oxygen atoms in total. The average Bonchev–Trinajstić information content (AvgIpc) is 3.01. The summed E-state index contributed by atoms with van der Waals surface area (Å²) in [6.07, 6.45) is 0.477. The molecule has 1 amide bonds. The molecule has 1 aromatic carbocycles. The van der Waals surface area contributed by atoms with Crippen molar-refractivity contribution in [2.24, 2.45) is 0 Å². The highest BCUT2D eigenvalue weighted by atomic mass is 32.2. The van der Waals surface area contributed by atoms with Crippen LogP contribution in [0.15, 0.2) is 30.3 Å². The predicted octanol–water partition coefficient (Wildman–Crippen LogP) is 1.01. The van der Waals surface area contributed by atoms with Crippen LogP contribution in [0.2, 0.25) is 0 Å². The van der Waals surface area contributed by atoms with Gasteiger partial charge in [-0.2, -0.15) is 4.31 Å². The number of ether oxygens (including phenoxy) is 2. The maximum atomic E-state index is 12.5. The number of para-hydroxylation sites is 1. The van der Waals surface area contributed by atoms with Crippen molar-refractivity contribution in [2.75, 3.05) is 32.6 Å². The van der Waals surface area contributed by atoms with Gasteiger partial charge in [0.2, 0.25) is 15.9 Å². The summed E-state index contributed by atoms with van der Waals surface area (Å²) < 4.78 is 37.2. The molecule has 0 spiro atoms. The molecule has 1 aliphatic rings. The standard InChI is InChI=1S/C17H26N2O5S/c1-3-11-25(21,22)19-13-15(24-14-7-5-4-6-8-14)12-16(19)17(20)18-9-10-23-2/h4-8,15-16H,3,9-13H2,1-2H3,(H,18,20)/t15-,16+/m0/s1. The van der Waals surface area contributed by atoms with E-state index in [1.54, 1.807) is 14.0 Å². The van der Waals surface area contributed by atoms with E-state index >= 15 is 0 Å². The Labute approximate surface area is 149 Å². The molecule has 1 heterocycles. The molecular formula is C17H26N2O5S. The minimum Gasteiger partial charge on any atom is -0.489 e. The van der Waals surface area contributed by atoms with Crippen molar-refractivity contribution in [1.82, 2.24) is 9.62 Å². The van der Waals surface area contributed by atoms with Crippen LogP contribution in [0.5, 0.6) is 5.75 Å². The average molecular weight is 370 g/mol. The Morgan fingerprint density at radius 2 is 2.04 bits per heavy atom. The van der Waals surface area contributed by atoms with Gasteiger partial charge < -0.3 is 14.8 Å². The van der Waals surface area contributed by atoms with E-state index in [1.165, 1.54) is 4.31 Å². The SMILES string of the molecule is CCCS(=O)(=O)N1C[C@@H](Oc2ccccc2)C[C@@H]1C(=O)NCCOC. The van der Waals surface area contributed by atoms with Crippen LogP contribution in [0.3, 0.4) is 0 Å². The molecule has 1 aliphatic heterocycles. The van der Waals surface area contributed by atoms with Crippen LogP contribution in [-0.2, 0) is 19.6 Å². The van der Waals surface area contributed by atoms with Crippen LogP contribution >= 0.6 is 0 Å². The summed E-state index contributed by atoms with van der Waals surface area (Å²) in [5.74, 6) is 0.379. The molecule has 2 atom stereocenters. The Bertz CT molecular complexity index is 650. The first-order valence-electron chi connectivity index (χ1n) is 8.45. The Kier molecular flexibility index (Phi) is 7.22. The van der Waals surface area contributed by atoms with Crippen LogP contribution in [0.25, 0.3) is 0 Å². The van der Waals surface area contributed by atoms with E-state index < -0.39 is 16.1 Å². The lowest BCUT2D eigenvalue weighted by atomic mass is 10.2. The van der Waals surface area contributed by atoms with Gasteiger partial charge in [-0.25, -0.2) is 8.42 Å². The van der Waals surface area contributed by atoms with E-state index in [-0.39, 0.29) is 24.3 Å². The first-order valence-corrected chi connectivity index (χ1v) is 10.1. The van der Waals surface area contributed by atoms with Gasteiger partial charge in [-0.3, -0.25) is 4.79 Å². The summed E-state index contributed by atoms with van der Waals surface area (Å²) in [4.78, 5) is 12.5. The third-order valence-electron chi connectivity index (χ3n) is 3.99. The molecule has 25 heavy (non-hydrogen) atoms. The first kappa shape index (κ1) is 19.7. The molecule has 0 unspecified atom stereocenters. The second-order valence-corrected chi connectivity index (χ2v) is 8.02. The Morgan fingerprint density at radius 1 is 1.32 bits per heavy atom. The van der Waals surface area contributed by atoms with Gasteiger partial charge in [0.15, 0.2) is 0 Å². The largest absolute Gasteiger partial charge is 0.489 e. The summed E-state index contributed by atoms with van der Waals surface area (Å²) in [6.45, 7) is 2.71. The number of amides is 1. The zero-order chi connectivity index (χ0) is 18.3. The highest BCUT2D eigenvalue weighted by Crippen LogP contribution is 2.26. The van der Waals surface area contributed by atoms with Crippen LogP contribution in [-0.4, -0.2) is 63.3 Å². The second-order valence-electron chi connectivity index (χ2n) is 5.97. The number of nitrogens with one attached hydrogen (secondary N) is 1. The highest BCUT2D eigenvalue weighted by Gasteiger charge is 2.43. The number of hydrogen-bond acceptors (Lipinski definition) is 5. The molecular weight excluding hydrogens is 344 g/mol. The third-order valence-corrected chi connectivity index (χ3v) is 6.03. The lowest BCUT2D eigenvalue weighted by Gasteiger charge is -2.22. The van der Waals surface area contributed by atoms with Crippen molar-refractivity contribution < 1.29 is 22.7 Å². The lowest BCUT2D eigenvalue weighted by Crippen LogP contribution is -2.47. The van der Waals surface area contributed by atoms with Crippen molar-refractivity contribution in [3.05, 3.63) is 30.3 Å². The van der Waals surface area contributed by atoms with E-state index in [4.69, 9.17) is 9.47 Å². The van der Waals surface area contributed by atoms with Crippen LogP contribution < -0.4 is 10.1 Å². The topological polar surface area (TPSA) is 84.9 Å². The summed E-state index contributed by atoms with van der Waals surface area (Å²) >= 11 is 0. The fourth-order valence-corrected chi connectivity index (χ4v) is 4.57. The molecule has 8 heteroatoms. The van der Waals surface area contributed by atoms with E-state index in [2.05, 4.69) is 5.32 Å². The zero-order valence-corrected chi connectivity index (χ0v) is 15.5. The summed E-state index contributed by atoms with van der Waals surface area (Å²) in [6, 6.07) is 8.47. The minimum absolute atomic E-state index is 0.0207. The minimum atomic E-state index is -3.50. The Morgan fingerprint density at radius 3 is 2.68 bits per heavy atom. The van der Waals surface area contributed by atoms with E-state index in [0.29, 0.717) is 31.7 Å². The van der Waals surface area contributed by atoms with Gasteiger partial charge in [0, 0.05) is 20.1 Å². The molecule has 0 bridgehead atoms. The number of hydrogen-bond donors (Lipinski definition) is 1. The van der Waals surface area contributed by atoms with Crippen LogP contribution in [0.4, 0.5) is 0 Å². The maximum absolute atomic E-state index is 12.5. The predicted molar refractivity (Wildman–Crippen MR) is 94.9 cm³/mol. The van der Waals surface area contributed by atoms with Gasteiger partial charge in [-0.15, -0.1) is 0 Å². The highest BCUT2D eigenvalue weighted by molar-refractivity contribution is 7.89. The summed E-state index contributed by atoms with van der Waals surface area (Å²) in [7, 11) is -1.95. The molecule has 0 aromatic heterocycles. The van der Waals surface area contributed by atoms with Crippen molar-refractivity contribution in [1.29, 1.82) is 0 Å². The first-order chi connectivity index (χ1) is 12.0. The van der Waals surface area contributed by atoms with Crippen molar-refractivity contribution >= 4 is 15.9 Å². The van der Waals surface area contributed by atoms with E-state index in [0.717, 1.165) is 0 Å². The molecule has 0 radical (unpaired) electrons. The molecule has 140 valence electrons. The maximum Gasteiger partial charge on any atom is 0.238 e. The lowest BCUT2D eigenvalue weighted by molar-refractivity contribution is -0.124. The zero-order valence-electron chi connectivity index (χ0n) is 14.7. The molecule has 2 rings (SSSR count). The summed E-state index contributed by atoms with van der Waals surface area (Å²) in [5.41, 5.74) is 0. The van der Waals surface area contributed by atoms with E-state index in [9.17, 15) is 13.2 Å². The van der Waals surface area contributed by atoms with Crippen molar-refractivity contribution in [3.8, 4) is 5.75 Å². The number of nitrogens with zero attached hydrogens (tertiary/aromatic N) is 1. The monoisotopic (exact) mass is 370 g/mol. The van der Waals surface area contributed by atoms with E-state index in [1.807, 2.05) is 30.3 Å².